The van der Waals surface area contributed by atoms with E-state index in [4.69, 9.17) is 11.7 Å². The highest BCUT2D eigenvalue weighted by atomic mass is 16.3. The van der Waals surface area contributed by atoms with Crippen molar-refractivity contribution in [2.75, 3.05) is 6.54 Å². The van der Waals surface area contributed by atoms with E-state index in [1.807, 2.05) is 26.0 Å². The van der Waals surface area contributed by atoms with E-state index >= 15 is 0 Å². The molecule has 0 aliphatic rings. The SMILES string of the molecule is [C-]#[N+]CC(C)(C)c1ccc(O)cc1. The highest BCUT2D eigenvalue weighted by Gasteiger charge is 2.23. The molecule has 1 aromatic carbocycles. The number of benzene rings is 1. The van der Waals surface area contributed by atoms with Gasteiger partial charge in [-0.2, -0.15) is 0 Å². The van der Waals surface area contributed by atoms with Gasteiger partial charge in [-0.1, -0.05) is 12.1 Å². The lowest BCUT2D eigenvalue weighted by Crippen LogP contribution is -2.19. The maximum Gasteiger partial charge on any atom is 0.223 e. The Bertz CT molecular complexity index is 319. The molecule has 0 bridgehead atoms. The van der Waals surface area contributed by atoms with Crippen LogP contribution in [-0.2, 0) is 5.41 Å². The summed E-state index contributed by atoms with van der Waals surface area (Å²) in [7, 11) is 0. The normalized spacial score (nSPS) is 10.8. The molecule has 0 amide bonds. The van der Waals surface area contributed by atoms with Gasteiger partial charge in [0.05, 0.1) is 5.41 Å². The second-order valence-corrected chi connectivity index (χ2v) is 3.75. The summed E-state index contributed by atoms with van der Waals surface area (Å²) in [5.41, 5.74) is 0.955. The maximum absolute atomic E-state index is 9.09. The summed E-state index contributed by atoms with van der Waals surface area (Å²) in [6, 6.07) is 7.03. The van der Waals surface area contributed by atoms with Gasteiger partial charge in [-0.15, -0.1) is 0 Å². The number of phenolic OH excluding ortho intramolecular Hbond substituents is 1. The maximum atomic E-state index is 9.09. The van der Waals surface area contributed by atoms with Crippen LogP contribution in [0.5, 0.6) is 5.75 Å². The topological polar surface area (TPSA) is 24.6 Å². The molecule has 0 saturated carbocycles. The first kappa shape index (κ1) is 9.60. The van der Waals surface area contributed by atoms with Gasteiger partial charge in [-0.25, -0.2) is 6.57 Å². The first-order valence-corrected chi connectivity index (χ1v) is 4.19. The van der Waals surface area contributed by atoms with E-state index in [0.29, 0.717) is 6.54 Å². The quantitative estimate of drug-likeness (QED) is 0.686. The second-order valence-electron chi connectivity index (χ2n) is 3.75. The molecular weight excluding hydrogens is 162 g/mol. The summed E-state index contributed by atoms with van der Waals surface area (Å²) < 4.78 is 0. The van der Waals surface area contributed by atoms with Crippen molar-refractivity contribution in [3.05, 3.63) is 41.2 Å². The zero-order valence-electron chi connectivity index (χ0n) is 7.91. The highest BCUT2D eigenvalue weighted by molar-refractivity contribution is 5.31. The van der Waals surface area contributed by atoms with Crippen molar-refractivity contribution in [3.8, 4) is 5.75 Å². The minimum Gasteiger partial charge on any atom is -0.508 e. The average molecular weight is 175 g/mol. The van der Waals surface area contributed by atoms with E-state index in [0.717, 1.165) is 5.56 Å². The average Bonchev–Trinajstić information content (AvgIpc) is 2.05. The van der Waals surface area contributed by atoms with Crippen LogP contribution in [0.25, 0.3) is 4.85 Å². The molecule has 1 aromatic rings. The van der Waals surface area contributed by atoms with Crippen LogP contribution in [0.2, 0.25) is 0 Å². The van der Waals surface area contributed by atoms with Gasteiger partial charge >= 0.3 is 0 Å². The molecule has 0 aliphatic carbocycles. The Morgan fingerprint density at radius 3 is 2.31 bits per heavy atom. The van der Waals surface area contributed by atoms with Crippen LogP contribution in [0.4, 0.5) is 0 Å². The van der Waals surface area contributed by atoms with Crippen LogP contribution < -0.4 is 0 Å². The Morgan fingerprint density at radius 1 is 1.31 bits per heavy atom. The number of rotatable bonds is 2. The van der Waals surface area contributed by atoms with Crippen molar-refractivity contribution in [1.82, 2.24) is 0 Å². The van der Waals surface area contributed by atoms with Gasteiger partial charge in [0.15, 0.2) is 0 Å². The fourth-order valence-corrected chi connectivity index (χ4v) is 1.20. The Balaban J connectivity index is 2.95. The van der Waals surface area contributed by atoms with Crippen LogP contribution >= 0.6 is 0 Å². The summed E-state index contributed by atoms with van der Waals surface area (Å²) in [5, 5.41) is 9.09. The standard InChI is InChI=1S/C11H13NO/c1-11(2,8-12-3)9-4-6-10(13)7-5-9/h4-7,13H,8H2,1-2H3. The van der Waals surface area contributed by atoms with Crippen molar-refractivity contribution < 1.29 is 5.11 Å². The molecule has 0 spiro atoms. The Kier molecular flexibility index (Phi) is 2.57. The Hall–Kier alpha value is -1.49. The van der Waals surface area contributed by atoms with E-state index in [2.05, 4.69) is 4.85 Å². The molecule has 0 heterocycles. The molecule has 13 heavy (non-hydrogen) atoms. The van der Waals surface area contributed by atoms with Crippen LogP contribution in [0.3, 0.4) is 0 Å². The van der Waals surface area contributed by atoms with Gasteiger partial charge in [-0.05, 0) is 31.5 Å². The molecule has 0 atom stereocenters. The zero-order valence-corrected chi connectivity index (χ0v) is 7.91. The monoisotopic (exact) mass is 175 g/mol. The summed E-state index contributed by atoms with van der Waals surface area (Å²) in [6.45, 7) is 11.3. The summed E-state index contributed by atoms with van der Waals surface area (Å²) in [4.78, 5) is 3.39. The molecule has 0 aliphatic heterocycles. The smallest absolute Gasteiger partial charge is 0.223 e. The van der Waals surface area contributed by atoms with Crippen molar-refractivity contribution in [2.45, 2.75) is 19.3 Å². The lowest BCUT2D eigenvalue weighted by molar-refractivity contribution is 0.474. The first-order valence-electron chi connectivity index (χ1n) is 4.19. The molecule has 1 N–H and O–H groups in total. The molecule has 0 fully saturated rings. The lowest BCUT2D eigenvalue weighted by atomic mass is 9.85. The zero-order chi connectivity index (χ0) is 9.90. The van der Waals surface area contributed by atoms with Crippen LogP contribution in [0, 0.1) is 6.57 Å². The highest BCUT2D eigenvalue weighted by Crippen LogP contribution is 2.24. The van der Waals surface area contributed by atoms with Gasteiger partial charge < -0.3 is 9.95 Å². The van der Waals surface area contributed by atoms with Gasteiger partial charge in [0.1, 0.15) is 5.75 Å². The molecule has 0 radical (unpaired) electrons. The van der Waals surface area contributed by atoms with E-state index in [-0.39, 0.29) is 11.2 Å². The van der Waals surface area contributed by atoms with Crippen LogP contribution in [0.1, 0.15) is 19.4 Å². The molecule has 0 unspecified atom stereocenters. The van der Waals surface area contributed by atoms with Gasteiger partial charge in [0, 0.05) is 0 Å². The largest absolute Gasteiger partial charge is 0.508 e. The molecular formula is C11H13NO. The lowest BCUT2D eigenvalue weighted by Gasteiger charge is -2.18. The number of nitrogens with zero attached hydrogens (tertiary/aromatic N) is 1. The third-order valence-corrected chi connectivity index (χ3v) is 2.12. The number of hydrogen-bond donors (Lipinski definition) is 1. The van der Waals surface area contributed by atoms with Crippen molar-refractivity contribution in [3.63, 3.8) is 0 Å². The Labute approximate surface area is 78.7 Å². The number of phenols is 1. The van der Waals surface area contributed by atoms with E-state index in [1.54, 1.807) is 12.1 Å². The molecule has 0 aromatic heterocycles. The minimum atomic E-state index is -0.130. The van der Waals surface area contributed by atoms with Gasteiger partial charge in [0.2, 0.25) is 6.54 Å². The van der Waals surface area contributed by atoms with E-state index < -0.39 is 0 Å². The fraction of sp³-hybridized carbons (Fsp3) is 0.364. The van der Waals surface area contributed by atoms with E-state index in [1.165, 1.54) is 0 Å². The molecule has 2 heteroatoms. The third kappa shape index (κ3) is 2.22. The predicted molar refractivity (Wildman–Crippen MR) is 52.6 cm³/mol. The van der Waals surface area contributed by atoms with Crippen LogP contribution in [-0.4, -0.2) is 11.7 Å². The molecule has 2 nitrogen and oxygen atoms in total. The molecule has 1 rings (SSSR count). The summed E-state index contributed by atoms with van der Waals surface area (Å²) in [5.74, 6) is 0.266. The second kappa shape index (κ2) is 3.49. The van der Waals surface area contributed by atoms with Gasteiger partial charge in [-0.3, -0.25) is 0 Å². The number of aromatic hydroxyl groups is 1. The van der Waals surface area contributed by atoms with Crippen LogP contribution in [0.15, 0.2) is 24.3 Å². The van der Waals surface area contributed by atoms with Crippen molar-refractivity contribution >= 4 is 0 Å². The summed E-state index contributed by atoms with van der Waals surface area (Å²) in [6.07, 6.45) is 0. The summed E-state index contributed by atoms with van der Waals surface area (Å²) >= 11 is 0. The number of hydrogen-bond acceptors (Lipinski definition) is 1. The Morgan fingerprint density at radius 2 is 1.85 bits per heavy atom. The van der Waals surface area contributed by atoms with Gasteiger partial charge in [0.25, 0.3) is 0 Å². The molecule has 68 valence electrons. The minimum absolute atomic E-state index is 0.130. The van der Waals surface area contributed by atoms with Crippen molar-refractivity contribution in [2.24, 2.45) is 0 Å². The fourth-order valence-electron chi connectivity index (χ4n) is 1.20. The van der Waals surface area contributed by atoms with E-state index in [9.17, 15) is 0 Å². The third-order valence-electron chi connectivity index (χ3n) is 2.12. The van der Waals surface area contributed by atoms with Crippen molar-refractivity contribution in [1.29, 1.82) is 0 Å². The molecule has 0 saturated heterocycles. The first-order chi connectivity index (χ1) is 6.06. The predicted octanol–water partition coefficient (Wildman–Crippen LogP) is 2.59.